The van der Waals surface area contributed by atoms with E-state index in [2.05, 4.69) is 12.2 Å². The Hall–Kier alpha value is -4.17. The van der Waals surface area contributed by atoms with Gasteiger partial charge in [0.25, 0.3) is 21.8 Å². The lowest BCUT2D eigenvalue weighted by Crippen LogP contribution is -2.29. The molecule has 192 valence electrons. The van der Waals surface area contributed by atoms with E-state index in [1.54, 1.807) is 0 Å². The number of nitrogens with zero attached hydrogens (tertiary/aromatic N) is 2. The second-order valence-electron chi connectivity index (χ2n) is 9.61. The van der Waals surface area contributed by atoms with Gasteiger partial charge in [-0.3, -0.25) is 13.9 Å². The van der Waals surface area contributed by atoms with E-state index in [1.807, 2.05) is 59.5 Å². The molecule has 0 unspecified atom stereocenters. The lowest BCUT2D eigenvalue weighted by Gasteiger charge is -2.19. The van der Waals surface area contributed by atoms with Gasteiger partial charge in [0.1, 0.15) is 0 Å². The van der Waals surface area contributed by atoms with Crippen LogP contribution in [0.15, 0.2) is 83.8 Å². The van der Waals surface area contributed by atoms with Gasteiger partial charge in [-0.2, -0.15) is 0 Å². The van der Waals surface area contributed by atoms with Crippen LogP contribution in [0.2, 0.25) is 0 Å². The third-order valence-corrected chi connectivity index (χ3v) is 9.14. The van der Waals surface area contributed by atoms with E-state index in [0.29, 0.717) is 42.0 Å². The van der Waals surface area contributed by atoms with Gasteiger partial charge in [-0.1, -0.05) is 43.7 Å². The highest BCUT2D eigenvalue weighted by atomic mass is 32.2. The van der Waals surface area contributed by atoms with Crippen molar-refractivity contribution in [3.8, 4) is 0 Å². The molecule has 38 heavy (non-hydrogen) atoms. The van der Waals surface area contributed by atoms with Crippen molar-refractivity contribution in [2.45, 2.75) is 31.1 Å². The first kappa shape index (κ1) is 24.2. The number of amides is 2. The van der Waals surface area contributed by atoms with E-state index in [1.165, 1.54) is 28.6 Å². The maximum atomic E-state index is 13.3. The third-order valence-electron chi connectivity index (χ3n) is 7.32. The fourth-order valence-electron chi connectivity index (χ4n) is 5.35. The summed E-state index contributed by atoms with van der Waals surface area (Å²) in [6.45, 7) is 3.14. The van der Waals surface area contributed by atoms with Crippen LogP contribution in [0, 0.1) is 0 Å². The minimum atomic E-state index is -3.74. The van der Waals surface area contributed by atoms with Crippen molar-refractivity contribution in [3.05, 3.63) is 95.6 Å². The quantitative estimate of drug-likeness (QED) is 0.340. The molecule has 2 aliphatic rings. The number of unbranched alkanes of at least 4 members (excludes halogenated alkanes) is 1. The molecular formula is C30H27N3O4S. The molecule has 0 atom stereocenters. The van der Waals surface area contributed by atoms with Crippen LogP contribution in [-0.4, -0.2) is 33.3 Å². The van der Waals surface area contributed by atoms with Crippen molar-refractivity contribution in [2.24, 2.45) is 0 Å². The Morgan fingerprint density at radius 1 is 0.921 bits per heavy atom. The minimum Gasteiger partial charge on any atom is -0.321 e. The second-order valence-corrected chi connectivity index (χ2v) is 11.5. The molecule has 0 aliphatic carbocycles. The maximum Gasteiger partial charge on any atom is 0.264 e. The second kappa shape index (κ2) is 9.29. The molecule has 0 saturated heterocycles. The summed E-state index contributed by atoms with van der Waals surface area (Å²) in [5, 5.41) is 4.60. The summed E-state index contributed by atoms with van der Waals surface area (Å²) in [5.74, 6) is -0.367. The van der Waals surface area contributed by atoms with E-state index in [9.17, 15) is 18.0 Å². The van der Waals surface area contributed by atoms with E-state index >= 15 is 0 Å². The van der Waals surface area contributed by atoms with Gasteiger partial charge < -0.3 is 10.2 Å². The SMILES string of the molecule is CCCCN1C(=O)c2cccc3c(NC(=O)c4ccc(S(=O)(=O)N5CCc6ccccc65)cc4)ccc1c23. The Morgan fingerprint density at radius 2 is 1.71 bits per heavy atom. The predicted molar refractivity (Wildman–Crippen MR) is 150 cm³/mol. The molecule has 2 amide bonds. The summed E-state index contributed by atoms with van der Waals surface area (Å²) in [5.41, 5.74) is 4.16. The Balaban J connectivity index is 1.25. The molecule has 8 heteroatoms. The molecule has 2 heterocycles. The van der Waals surface area contributed by atoms with Gasteiger partial charge in [0.15, 0.2) is 0 Å². The average molecular weight is 526 g/mol. The Morgan fingerprint density at radius 3 is 2.50 bits per heavy atom. The summed E-state index contributed by atoms with van der Waals surface area (Å²) < 4.78 is 28.0. The highest BCUT2D eigenvalue weighted by Gasteiger charge is 2.32. The number of hydrogen-bond donors (Lipinski definition) is 1. The van der Waals surface area contributed by atoms with Crippen LogP contribution < -0.4 is 14.5 Å². The predicted octanol–water partition coefficient (Wildman–Crippen LogP) is 5.60. The number of anilines is 3. The van der Waals surface area contributed by atoms with Gasteiger partial charge in [0.05, 0.1) is 16.3 Å². The average Bonchev–Trinajstić information content (AvgIpc) is 3.49. The molecule has 0 aromatic heterocycles. The van der Waals surface area contributed by atoms with E-state index in [0.717, 1.165) is 34.9 Å². The molecule has 2 aliphatic heterocycles. The number of para-hydroxylation sites is 1. The largest absolute Gasteiger partial charge is 0.321 e. The first-order chi connectivity index (χ1) is 18.4. The number of sulfonamides is 1. The molecule has 4 aromatic carbocycles. The lowest BCUT2D eigenvalue weighted by molar-refractivity contribution is 0.0991. The molecule has 6 rings (SSSR count). The molecular weight excluding hydrogens is 498 g/mol. The summed E-state index contributed by atoms with van der Waals surface area (Å²) in [6, 6.07) is 22.8. The number of nitrogens with one attached hydrogen (secondary N) is 1. The molecule has 0 saturated carbocycles. The first-order valence-electron chi connectivity index (χ1n) is 12.8. The van der Waals surface area contributed by atoms with Crippen molar-refractivity contribution in [1.29, 1.82) is 0 Å². The van der Waals surface area contributed by atoms with Gasteiger partial charge in [-0.25, -0.2) is 8.42 Å². The summed E-state index contributed by atoms with van der Waals surface area (Å²) >= 11 is 0. The summed E-state index contributed by atoms with van der Waals surface area (Å²) in [6.07, 6.45) is 2.57. The minimum absolute atomic E-state index is 0.0139. The zero-order valence-corrected chi connectivity index (χ0v) is 21.8. The van der Waals surface area contributed by atoms with Crippen LogP contribution in [0.25, 0.3) is 10.8 Å². The summed E-state index contributed by atoms with van der Waals surface area (Å²) in [4.78, 5) is 28.1. The van der Waals surface area contributed by atoms with Crippen molar-refractivity contribution in [3.63, 3.8) is 0 Å². The molecule has 0 bridgehead atoms. The van der Waals surface area contributed by atoms with Crippen LogP contribution >= 0.6 is 0 Å². The van der Waals surface area contributed by atoms with Crippen LogP contribution in [0.5, 0.6) is 0 Å². The molecule has 7 nitrogen and oxygen atoms in total. The zero-order valence-electron chi connectivity index (χ0n) is 21.0. The normalized spacial score (nSPS) is 14.3. The van der Waals surface area contributed by atoms with Crippen molar-refractivity contribution < 1.29 is 18.0 Å². The van der Waals surface area contributed by atoms with Crippen molar-refractivity contribution >= 4 is 49.7 Å². The smallest absolute Gasteiger partial charge is 0.264 e. The molecule has 4 aromatic rings. The first-order valence-corrected chi connectivity index (χ1v) is 14.2. The van der Waals surface area contributed by atoms with E-state index < -0.39 is 10.0 Å². The molecule has 1 N–H and O–H groups in total. The van der Waals surface area contributed by atoms with Crippen LogP contribution in [0.4, 0.5) is 17.1 Å². The van der Waals surface area contributed by atoms with Crippen molar-refractivity contribution in [1.82, 2.24) is 0 Å². The standard InChI is InChI=1S/C30H27N3O4S/c1-2-3-18-32-27-16-15-25(23-8-6-9-24(28(23)27)30(32)35)31-29(34)21-11-13-22(14-12-21)38(36,37)33-19-17-20-7-4-5-10-26(20)33/h4-16H,2-3,17-19H2,1H3,(H,31,34). The topological polar surface area (TPSA) is 86.8 Å². The van der Waals surface area contributed by atoms with Gasteiger partial charge in [-0.05, 0) is 66.9 Å². The van der Waals surface area contributed by atoms with Gasteiger partial charge >= 0.3 is 0 Å². The molecule has 0 fully saturated rings. The van der Waals surface area contributed by atoms with Crippen LogP contribution in [0.3, 0.4) is 0 Å². The highest BCUT2D eigenvalue weighted by Crippen LogP contribution is 2.41. The fourth-order valence-corrected chi connectivity index (χ4v) is 6.85. The van der Waals surface area contributed by atoms with E-state index in [-0.39, 0.29) is 16.7 Å². The van der Waals surface area contributed by atoms with Crippen molar-refractivity contribution in [2.75, 3.05) is 27.6 Å². The number of rotatable bonds is 7. The number of carbonyl (C=O) groups is 2. The number of hydrogen-bond acceptors (Lipinski definition) is 4. The lowest BCUT2D eigenvalue weighted by atomic mass is 10.0. The highest BCUT2D eigenvalue weighted by molar-refractivity contribution is 7.92. The molecule has 0 spiro atoms. The number of benzene rings is 4. The van der Waals surface area contributed by atoms with E-state index in [4.69, 9.17) is 0 Å². The monoisotopic (exact) mass is 525 g/mol. The van der Waals surface area contributed by atoms with Gasteiger partial charge in [0, 0.05) is 40.7 Å². The Labute approximate surface area is 221 Å². The zero-order chi connectivity index (χ0) is 26.4. The summed E-state index contributed by atoms with van der Waals surface area (Å²) in [7, 11) is -3.74. The van der Waals surface area contributed by atoms with Crippen LogP contribution in [0.1, 0.15) is 46.0 Å². The fraction of sp³-hybridized carbons (Fsp3) is 0.200. The number of carbonyl (C=O) groups excluding carboxylic acids is 2. The van der Waals surface area contributed by atoms with Gasteiger partial charge in [0.2, 0.25) is 0 Å². The third kappa shape index (κ3) is 3.83. The van der Waals surface area contributed by atoms with Crippen LogP contribution in [-0.2, 0) is 16.4 Å². The maximum absolute atomic E-state index is 13.3. The Kier molecular flexibility index (Phi) is 5.91. The molecule has 0 radical (unpaired) electrons. The Bertz CT molecular complexity index is 1700. The van der Waals surface area contributed by atoms with Gasteiger partial charge in [-0.15, -0.1) is 0 Å². The number of fused-ring (bicyclic) bond motifs is 1.